The van der Waals surface area contributed by atoms with Gasteiger partial charge >= 0.3 is 0 Å². The van der Waals surface area contributed by atoms with E-state index in [9.17, 15) is 0 Å². The molecule has 1 aliphatic rings. The van der Waals surface area contributed by atoms with E-state index in [0.717, 1.165) is 50.5 Å². The molecule has 0 bridgehead atoms. The molecule has 4 heterocycles. The summed E-state index contributed by atoms with van der Waals surface area (Å²) in [5.74, 6) is 1.25. The first kappa shape index (κ1) is 15.7. The molecule has 6 nitrogen and oxygen atoms in total. The highest BCUT2D eigenvalue weighted by Gasteiger charge is 2.20. The van der Waals surface area contributed by atoms with Gasteiger partial charge in [-0.15, -0.1) is 11.3 Å². The highest BCUT2D eigenvalue weighted by Crippen LogP contribution is 2.37. The van der Waals surface area contributed by atoms with E-state index in [1.807, 2.05) is 18.4 Å². The number of hydrogen-bond acceptors (Lipinski definition) is 7. The van der Waals surface area contributed by atoms with Crippen molar-refractivity contribution in [3.8, 4) is 11.3 Å². The van der Waals surface area contributed by atoms with E-state index in [-0.39, 0.29) is 0 Å². The van der Waals surface area contributed by atoms with Gasteiger partial charge in [-0.05, 0) is 34.5 Å². The summed E-state index contributed by atoms with van der Waals surface area (Å²) < 4.78 is 7.47. The maximum atomic E-state index is 5.80. The van der Waals surface area contributed by atoms with Gasteiger partial charge in [0.2, 0.25) is 5.95 Å². The molecule has 0 unspecified atom stereocenters. The van der Waals surface area contributed by atoms with E-state index in [4.69, 9.17) is 20.4 Å². The summed E-state index contributed by atoms with van der Waals surface area (Å²) >= 11 is 5.23. The average molecular weight is 406 g/mol. The molecule has 0 spiro atoms. The molecule has 0 saturated carbocycles. The number of aromatic nitrogens is 3. The molecule has 3 aromatic heterocycles. The average Bonchev–Trinajstić information content (AvgIpc) is 2.96. The Balaban J connectivity index is 1.92. The number of ether oxygens (including phenoxy) is 1. The number of nitrogens with two attached hydrogens (primary N) is 1. The maximum absolute atomic E-state index is 5.80. The minimum absolute atomic E-state index is 0.516. The van der Waals surface area contributed by atoms with Crippen molar-refractivity contribution in [3.63, 3.8) is 0 Å². The predicted molar refractivity (Wildman–Crippen MR) is 101 cm³/mol. The number of nitrogen functional groups attached to an aromatic ring is 1. The zero-order chi connectivity index (χ0) is 16.7. The van der Waals surface area contributed by atoms with Gasteiger partial charge in [-0.3, -0.25) is 0 Å². The minimum Gasteiger partial charge on any atom is -0.384 e. The van der Waals surface area contributed by atoms with Crippen molar-refractivity contribution < 1.29 is 4.74 Å². The number of nitrogens with zero attached hydrogens (tertiary/aromatic N) is 4. The quantitative estimate of drug-likeness (QED) is 0.704. The molecule has 4 rings (SSSR count). The van der Waals surface area contributed by atoms with Crippen LogP contribution in [-0.2, 0) is 4.74 Å². The van der Waals surface area contributed by atoms with Gasteiger partial charge in [0.05, 0.1) is 28.1 Å². The van der Waals surface area contributed by atoms with Crippen molar-refractivity contribution in [2.45, 2.75) is 6.92 Å². The van der Waals surface area contributed by atoms with Crippen molar-refractivity contribution in [1.29, 1.82) is 0 Å². The molecule has 1 aliphatic heterocycles. The summed E-state index contributed by atoms with van der Waals surface area (Å²) in [5.41, 5.74) is 9.68. The van der Waals surface area contributed by atoms with Crippen LogP contribution in [0.1, 0.15) is 5.56 Å². The molecule has 3 aromatic rings. The van der Waals surface area contributed by atoms with Crippen molar-refractivity contribution in [3.05, 3.63) is 27.7 Å². The van der Waals surface area contributed by atoms with Gasteiger partial charge in [0, 0.05) is 30.2 Å². The second kappa shape index (κ2) is 6.27. The lowest BCUT2D eigenvalue weighted by Crippen LogP contribution is -2.37. The minimum atomic E-state index is 0.516. The fraction of sp³-hybridized carbons (Fsp3) is 0.312. The van der Waals surface area contributed by atoms with Crippen molar-refractivity contribution in [1.82, 2.24) is 15.0 Å². The molecule has 0 amide bonds. The van der Waals surface area contributed by atoms with E-state index >= 15 is 0 Å². The van der Waals surface area contributed by atoms with Crippen LogP contribution in [0.4, 0.5) is 11.8 Å². The molecule has 0 atom stereocenters. The fourth-order valence-corrected chi connectivity index (χ4v) is 4.36. The number of thiophene rings is 1. The lowest BCUT2D eigenvalue weighted by atomic mass is 10.1. The molecule has 0 radical (unpaired) electrons. The Morgan fingerprint density at radius 1 is 1.29 bits per heavy atom. The summed E-state index contributed by atoms with van der Waals surface area (Å²) in [6, 6.07) is 1.88. The maximum Gasteiger partial charge on any atom is 0.226 e. The summed E-state index contributed by atoms with van der Waals surface area (Å²) in [5, 5.41) is 2.05. The first-order chi connectivity index (χ1) is 11.6. The van der Waals surface area contributed by atoms with Gasteiger partial charge in [-0.1, -0.05) is 0 Å². The van der Waals surface area contributed by atoms with Gasteiger partial charge in [0.15, 0.2) is 0 Å². The Morgan fingerprint density at radius 2 is 2.08 bits per heavy atom. The van der Waals surface area contributed by atoms with Crippen LogP contribution in [-0.4, -0.2) is 41.3 Å². The van der Waals surface area contributed by atoms with Crippen LogP contribution >= 0.6 is 27.3 Å². The first-order valence-electron chi connectivity index (χ1n) is 7.63. The Kier molecular flexibility index (Phi) is 4.11. The molecule has 0 aromatic carbocycles. The van der Waals surface area contributed by atoms with Crippen LogP contribution in [0.3, 0.4) is 0 Å². The standard InChI is InChI=1S/C16H16BrN5OS/c1-9-6-12(18)19-7-10(9)13-15-14(11(17)8-24-15)21-16(20-13)22-2-4-23-5-3-22/h6-8H,2-5H2,1H3,(H2,18,19). The van der Waals surface area contributed by atoms with E-state index in [0.29, 0.717) is 19.0 Å². The number of halogens is 1. The Labute approximate surface area is 151 Å². The fourth-order valence-electron chi connectivity index (χ4n) is 2.79. The van der Waals surface area contributed by atoms with Crippen molar-refractivity contribution in [2.24, 2.45) is 0 Å². The van der Waals surface area contributed by atoms with E-state index in [2.05, 4.69) is 25.8 Å². The van der Waals surface area contributed by atoms with Crippen molar-refractivity contribution >= 4 is 49.2 Å². The van der Waals surface area contributed by atoms with Gasteiger partial charge < -0.3 is 15.4 Å². The number of aryl methyl sites for hydroxylation is 1. The SMILES string of the molecule is Cc1cc(N)ncc1-c1nc(N2CCOCC2)nc2c(Br)csc12. The molecular formula is C16H16BrN5OS. The molecule has 0 aliphatic carbocycles. The number of hydrogen-bond donors (Lipinski definition) is 1. The monoisotopic (exact) mass is 405 g/mol. The second-order valence-corrected chi connectivity index (χ2v) is 7.39. The number of rotatable bonds is 2. The van der Waals surface area contributed by atoms with Gasteiger partial charge in [-0.25, -0.2) is 15.0 Å². The number of fused-ring (bicyclic) bond motifs is 1. The molecular weight excluding hydrogens is 390 g/mol. The molecule has 8 heteroatoms. The Bertz CT molecular complexity index is 907. The molecule has 2 N–H and O–H groups in total. The molecule has 124 valence electrons. The molecule has 1 fully saturated rings. The normalized spacial score (nSPS) is 15.2. The van der Waals surface area contributed by atoms with Crippen LogP contribution < -0.4 is 10.6 Å². The number of morpholine rings is 1. The highest BCUT2D eigenvalue weighted by molar-refractivity contribution is 9.10. The van der Waals surface area contributed by atoms with Crippen LogP contribution in [0.25, 0.3) is 21.5 Å². The summed E-state index contributed by atoms with van der Waals surface area (Å²) in [7, 11) is 0. The van der Waals surface area contributed by atoms with Crippen LogP contribution in [0.5, 0.6) is 0 Å². The van der Waals surface area contributed by atoms with Gasteiger partial charge in [0.1, 0.15) is 11.3 Å². The van der Waals surface area contributed by atoms with Crippen LogP contribution in [0.2, 0.25) is 0 Å². The third-order valence-electron chi connectivity index (χ3n) is 4.04. The van der Waals surface area contributed by atoms with E-state index < -0.39 is 0 Å². The summed E-state index contributed by atoms with van der Waals surface area (Å²) in [4.78, 5) is 16.0. The highest BCUT2D eigenvalue weighted by atomic mass is 79.9. The van der Waals surface area contributed by atoms with E-state index in [1.165, 1.54) is 0 Å². The topological polar surface area (TPSA) is 77.2 Å². The van der Waals surface area contributed by atoms with Crippen molar-refractivity contribution in [2.75, 3.05) is 36.9 Å². The summed E-state index contributed by atoms with van der Waals surface area (Å²) in [6.07, 6.45) is 1.79. The van der Waals surface area contributed by atoms with E-state index in [1.54, 1.807) is 17.5 Å². The Morgan fingerprint density at radius 3 is 2.83 bits per heavy atom. The zero-order valence-electron chi connectivity index (χ0n) is 13.1. The zero-order valence-corrected chi connectivity index (χ0v) is 15.5. The molecule has 24 heavy (non-hydrogen) atoms. The predicted octanol–water partition coefficient (Wildman–Crippen LogP) is 3.24. The third-order valence-corrected chi connectivity index (χ3v) is 5.92. The molecule has 1 saturated heterocycles. The van der Waals surface area contributed by atoms with Gasteiger partial charge in [-0.2, -0.15) is 0 Å². The van der Waals surface area contributed by atoms with Crippen LogP contribution in [0.15, 0.2) is 22.1 Å². The number of pyridine rings is 1. The lowest BCUT2D eigenvalue weighted by Gasteiger charge is -2.27. The largest absolute Gasteiger partial charge is 0.384 e. The first-order valence-corrected chi connectivity index (χ1v) is 9.30. The van der Waals surface area contributed by atoms with Crippen LogP contribution in [0, 0.1) is 6.92 Å². The Hall–Kier alpha value is -1.77. The third kappa shape index (κ3) is 2.74. The second-order valence-electron chi connectivity index (χ2n) is 5.66. The van der Waals surface area contributed by atoms with Gasteiger partial charge in [0.25, 0.3) is 0 Å². The smallest absolute Gasteiger partial charge is 0.226 e. The lowest BCUT2D eigenvalue weighted by molar-refractivity contribution is 0.122. The number of anilines is 2. The summed E-state index contributed by atoms with van der Waals surface area (Å²) in [6.45, 7) is 5.02.